The molecule has 2 N–H and O–H groups in total. The molecule has 1 atom stereocenters. The van der Waals surface area contributed by atoms with Gasteiger partial charge in [-0.3, -0.25) is 4.79 Å². The lowest BCUT2D eigenvalue weighted by Gasteiger charge is -2.37. The number of ketones is 1. The van der Waals surface area contributed by atoms with E-state index in [-0.39, 0.29) is 28.8 Å². The van der Waals surface area contributed by atoms with Gasteiger partial charge in [0.2, 0.25) is 5.88 Å². The number of carbonyl (C=O) groups is 1. The Kier molecular flexibility index (Phi) is 5.12. The van der Waals surface area contributed by atoms with Crippen molar-refractivity contribution < 1.29 is 19.0 Å². The SMILES string of the molecule is COc1cc([C@@H]2C(C#N)=C(N)OC3=C2C(=O)CC(C)(C)C3)ccc1OC(C)C. The van der Waals surface area contributed by atoms with E-state index in [4.69, 9.17) is 19.9 Å². The number of nitrogens with zero attached hydrogens (tertiary/aromatic N) is 1. The van der Waals surface area contributed by atoms with Gasteiger partial charge in [0.05, 0.1) is 19.1 Å². The van der Waals surface area contributed by atoms with Crippen LogP contribution in [0.15, 0.2) is 41.0 Å². The first-order chi connectivity index (χ1) is 13.2. The number of allylic oxidation sites excluding steroid dienone is 3. The summed E-state index contributed by atoms with van der Waals surface area (Å²) in [6, 6.07) is 7.58. The van der Waals surface area contributed by atoms with E-state index in [2.05, 4.69) is 6.07 Å². The standard InChI is InChI=1S/C22H26N2O4/c1-12(2)27-16-7-6-13(8-17(16)26-5)19-14(11-23)21(24)28-18-10-22(3,4)9-15(25)20(18)19/h6-8,12,19H,9-10,24H2,1-5H3/t19-/m1/s1. The maximum Gasteiger partial charge on any atom is 0.205 e. The molecule has 1 aliphatic carbocycles. The Bertz CT molecular complexity index is 919. The molecule has 3 rings (SSSR count). The summed E-state index contributed by atoms with van der Waals surface area (Å²) in [7, 11) is 1.56. The summed E-state index contributed by atoms with van der Waals surface area (Å²) in [5.41, 5.74) is 7.35. The number of Topliss-reactive ketones (excluding diaryl/α,β-unsaturated/α-hetero) is 1. The van der Waals surface area contributed by atoms with Gasteiger partial charge < -0.3 is 19.9 Å². The van der Waals surface area contributed by atoms with Crippen LogP contribution in [-0.2, 0) is 9.53 Å². The third-order valence-corrected chi connectivity index (χ3v) is 4.96. The molecule has 2 aliphatic rings. The Morgan fingerprint density at radius 1 is 1.29 bits per heavy atom. The molecule has 0 radical (unpaired) electrons. The number of hydrogen-bond donors (Lipinski definition) is 1. The molecule has 0 amide bonds. The lowest BCUT2D eigenvalue weighted by Crippen LogP contribution is -2.33. The van der Waals surface area contributed by atoms with Crippen molar-refractivity contribution in [1.82, 2.24) is 0 Å². The zero-order chi connectivity index (χ0) is 20.6. The number of nitriles is 1. The van der Waals surface area contributed by atoms with E-state index in [0.717, 1.165) is 5.56 Å². The monoisotopic (exact) mass is 382 g/mol. The molecule has 148 valence electrons. The Labute approximate surface area is 165 Å². The molecule has 1 aromatic rings. The van der Waals surface area contributed by atoms with Crippen LogP contribution in [0, 0.1) is 16.7 Å². The fourth-order valence-electron chi connectivity index (χ4n) is 3.83. The Balaban J connectivity index is 2.14. The largest absolute Gasteiger partial charge is 0.493 e. The fraction of sp³-hybridized carbons (Fsp3) is 0.455. The number of methoxy groups -OCH3 is 1. The van der Waals surface area contributed by atoms with Crippen LogP contribution in [0.1, 0.15) is 52.0 Å². The summed E-state index contributed by atoms with van der Waals surface area (Å²) in [6.07, 6.45) is 0.982. The maximum absolute atomic E-state index is 13.0. The second-order valence-corrected chi connectivity index (χ2v) is 8.28. The molecule has 1 aliphatic heterocycles. The molecule has 1 heterocycles. The van der Waals surface area contributed by atoms with Crippen LogP contribution >= 0.6 is 0 Å². The molecule has 6 heteroatoms. The first-order valence-corrected chi connectivity index (χ1v) is 9.35. The third-order valence-electron chi connectivity index (χ3n) is 4.96. The number of ether oxygens (including phenoxy) is 3. The smallest absolute Gasteiger partial charge is 0.205 e. The van der Waals surface area contributed by atoms with Gasteiger partial charge in [0, 0.05) is 18.4 Å². The topological polar surface area (TPSA) is 94.6 Å². The predicted octanol–water partition coefficient (Wildman–Crippen LogP) is 3.93. The summed E-state index contributed by atoms with van der Waals surface area (Å²) in [5.74, 6) is 1.17. The van der Waals surface area contributed by atoms with E-state index in [1.807, 2.05) is 33.8 Å². The molecule has 0 saturated carbocycles. The first-order valence-electron chi connectivity index (χ1n) is 9.35. The molecule has 6 nitrogen and oxygen atoms in total. The highest BCUT2D eigenvalue weighted by molar-refractivity contribution is 6.00. The summed E-state index contributed by atoms with van der Waals surface area (Å²) in [5, 5.41) is 9.71. The molecular weight excluding hydrogens is 356 g/mol. The van der Waals surface area contributed by atoms with Crippen molar-refractivity contribution in [1.29, 1.82) is 5.26 Å². The molecule has 0 unspecified atom stereocenters. The number of benzene rings is 1. The molecule has 0 bridgehead atoms. The average Bonchev–Trinajstić information content (AvgIpc) is 2.59. The van der Waals surface area contributed by atoms with Gasteiger partial charge in [-0.2, -0.15) is 5.26 Å². The van der Waals surface area contributed by atoms with Crippen molar-refractivity contribution >= 4 is 5.78 Å². The zero-order valence-electron chi connectivity index (χ0n) is 17.0. The van der Waals surface area contributed by atoms with Gasteiger partial charge in [-0.05, 0) is 37.0 Å². The highest BCUT2D eigenvalue weighted by atomic mass is 16.5. The first kappa shape index (κ1) is 19.8. The summed E-state index contributed by atoms with van der Waals surface area (Å²) < 4.78 is 17.0. The molecule has 0 fully saturated rings. The van der Waals surface area contributed by atoms with E-state index in [9.17, 15) is 10.1 Å². The highest BCUT2D eigenvalue weighted by Gasteiger charge is 2.43. The van der Waals surface area contributed by atoms with Gasteiger partial charge in [-0.15, -0.1) is 0 Å². The maximum atomic E-state index is 13.0. The zero-order valence-corrected chi connectivity index (χ0v) is 17.0. The van der Waals surface area contributed by atoms with E-state index in [1.54, 1.807) is 19.2 Å². The predicted molar refractivity (Wildman–Crippen MR) is 104 cm³/mol. The molecule has 28 heavy (non-hydrogen) atoms. The molecule has 1 aromatic carbocycles. The van der Waals surface area contributed by atoms with Crippen LogP contribution in [0.25, 0.3) is 0 Å². The minimum absolute atomic E-state index is 0.00972. The van der Waals surface area contributed by atoms with E-state index >= 15 is 0 Å². The number of rotatable bonds is 4. The summed E-state index contributed by atoms with van der Waals surface area (Å²) in [6.45, 7) is 7.91. The van der Waals surface area contributed by atoms with Crippen LogP contribution in [0.5, 0.6) is 11.5 Å². The van der Waals surface area contributed by atoms with Gasteiger partial charge in [-0.1, -0.05) is 19.9 Å². The van der Waals surface area contributed by atoms with Crippen molar-refractivity contribution in [2.45, 2.75) is 52.6 Å². The lowest BCUT2D eigenvalue weighted by atomic mass is 9.70. The molecule has 0 saturated heterocycles. The van der Waals surface area contributed by atoms with Crippen LogP contribution in [0.2, 0.25) is 0 Å². The van der Waals surface area contributed by atoms with Crippen molar-refractivity contribution in [3.63, 3.8) is 0 Å². The lowest BCUT2D eigenvalue weighted by molar-refractivity contribution is -0.119. The second kappa shape index (κ2) is 7.23. The number of carbonyl (C=O) groups excluding carboxylic acids is 1. The Hall–Kier alpha value is -2.94. The minimum atomic E-state index is -0.570. The molecular formula is C22H26N2O4. The average molecular weight is 382 g/mol. The van der Waals surface area contributed by atoms with Crippen LogP contribution in [-0.4, -0.2) is 19.0 Å². The molecule has 0 aromatic heterocycles. The highest BCUT2D eigenvalue weighted by Crippen LogP contribution is 2.48. The van der Waals surface area contributed by atoms with Crippen molar-refractivity contribution in [3.8, 4) is 17.6 Å². The van der Waals surface area contributed by atoms with Gasteiger partial charge >= 0.3 is 0 Å². The Morgan fingerprint density at radius 2 is 2.00 bits per heavy atom. The van der Waals surface area contributed by atoms with Gasteiger partial charge in [0.25, 0.3) is 0 Å². The summed E-state index contributed by atoms with van der Waals surface area (Å²) in [4.78, 5) is 13.0. The van der Waals surface area contributed by atoms with Gasteiger partial charge in [0.1, 0.15) is 17.4 Å². The van der Waals surface area contributed by atoms with Crippen LogP contribution in [0.4, 0.5) is 0 Å². The number of nitrogens with two attached hydrogens (primary N) is 1. The summed E-state index contributed by atoms with van der Waals surface area (Å²) >= 11 is 0. The fourth-order valence-corrected chi connectivity index (χ4v) is 3.83. The molecule has 0 spiro atoms. The second-order valence-electron chi connectivity index (χ2n) is 8.28. The van der Waals surface area contributed by atoms with Crippen molar-refractivity contribution in [2.75, 3.05) is 7.11 Å². The van der Waals surface area contributed by atoms with Gasteiger partial charge in [0.15, 0.2) is 17.3 Å². The van der Waals surface area contributed by atoms with Crippen LogP contribution < -0.4 is 15.2 Å². The van der Waals surface area contributed by atoms with Gasteiger partial charge in [-0.25, -0.2) is 0 Å². The van der Waals surface area contributed by atoms with E-state index in [1.165, 1.54) is 0 Å². The number of hydrogen-bond acceptors (Lipinski definition) is 6. The quantitative estimate of drug-likeness (QED) is 0.848. The third kappa shape index (κ3) is 3.57. The van der Waals surface area contributed by atoms with Crippen molar-refractivity contribution in [2.24, 2.45) is 11.1 Å². The van der Waals surface area contributed by atoms with E-state index in [0.29, 0.717) is 35.7 Å². The minimum Gasteiger partial charge on any atom is -0.493 e. The van der Waals surface area contributed by atoms with Crippen molar-refractivity contribution in [3.05, 3.63) is 46.6 Å². The van der Waals surface area contributed by atoms with Crippen LogP contribution in [0.3, 0.4) is 0 Å². The normalized spacial score (nSPS) is 21.2. The Morgan fingerprint density at radius 3 is 2.61 bits per heavy atom. The van der Waals surface area contributed by atoms with E-state index < -0.39 is 5.92 Å².